The molecule has 1 heterocycles. The Hall–Kier alpha value is -0.940. The van der Waals surface area contributed by atoms with Crippen molar-refractivity contribution < 1.29 is 9.90 Å². The Morgan fingerprint density at radius 3 is 2.62 bits per heavy atom. The highest BCUT2D eigenvalue weighted by molar-refractivity contribution is 7.13. The van der Waals surface area contributed by atoms with Gasteiger partial charge in [0.2, 0.25) is 0 Å². The Kier molecular flexibility index (Phi) is 4.89. The molecule has 0 aliphatic heterocycles. The summed E-state index contributed by atoms with van der Waals surface area (Å²) in [7, 11) is 0. The Morgan fingerprint density at radius 1 is 1.50 bits per heavy atom. The molecule has 0 saturated heterocycles. The lowest BCUT2D eigenvalue weighted by molar-refractivity contribution is 0.0758. The summed E-state index contributed by atoms with van der Waals surface area (Å²) in [5, 5.41) is 9.69. The molecule has 0 unspecified atom stereocenters. The van der Waals surface area contributed by atoms with E-state index in [4.69, 9.17) is 5.11 Å². The maximum atomic E-state index is 12.1. The minimum Gasteiger partial charge on any atom is -0.396 e. The van der Waals surface area contributed by atoms with E-state index in [9.17, 15) is 4.79 Å². The zero-order chi connectivity index (χ0) is 12.1. The summed E-state index contributed by atoms with van der Waals surface area (Å²) in [6, 6.07) is 0. The molecule has 0 aliphatic carbocycles. The van der Waals surface area contributed by atoms with Crippen molar-refractivity contribution in [2.45, 2.75) is 27.2 Å². The fourth-order valence-electron chi connectivity index (χ4n) is 1.54. The summed E-state index contributed by atoms with van der Waals surface area (Å²) < 4.78 is 0. The van der Waals surface area contributed by atoms with E-state index in [0.717, 1.165) is 15.6 Å². The van der Waals surface area contributed by atoms with Crippen LogP contribution in [0.15, 0.2) is 0 Å². The fourth-order valence-corrected chi connectivity index (χ4v) is 2.43. The van der Waals surface area contributed by atoms with Crippen LogP contribution in [0.3, 0.4) is 0 Å². The lowest BCUT2D eigenvalue weighted by Gasteiger charge is -2.19. The first-order valence-corrected chi connectivity index (χ1v) is 6.26. The zero-order valence-electron chi connectivity index (χ0n) is 9.99. The number of amides is 1. The first-order valence-electron chi connectivity index (χ1n) is 5.44. The van der Waals surface area contributed by atoms with Gasteiger partial charge in [0.15, 0.2) is 0 Å². The highest BCUT2D eigenvalue weighted by Gasteiger charge is 2.18. The minimum atomic E-state index is 0.0269. The van der Waals surface area contributed by atoms with Crippen molar-refractivity contribution >= 4 is 17.2 Å². The molecule has 0 atom stereocenters. The molecular weight excluding hydrogens is 224 g/mol. The summed E-state index contributed by atoms with van der Waals surface area (Å²) >= 11 is 1.43. The van der Waals surface area contributed by atoms with E-state index in [-0.39, 0.29) is 12.5 Å². The zero-order valence-corrected chi connectivity index (χ0v) is 10.8. The molecule has 0 spiro atoms. The number of hydrogen-bond donors (Lipinski definition) is 1. The number of hydrogen-bond acceptors (Lipinski definition) is 4. The third kappa shape index (κ3) is 3.02. The van der Waals surface area contributed by atoms with E-state index >= 15 is 0 Å². The predicted molar refractivity (Wildman–Crippen MR) is 64.9 cm³/mol. The Balaban J connectivity index is 2.78. The van der Waals surface area contributed by atoms with Gasteiger partial charge in [-0.2, -0.15) is 0 Å². The van der Waals surface area contributed by atoms with Gasteiger partial charge in [-0.25, -0.2) is 4.98 Å². The number of nitrogens with zero attached hydrogens (tertiary/aromatic N) is 2. The molecule has 0 bridgehead atoms. The molecule has 0 saturated carbocycles. The van der Waals surface area contributed by atoms with Crippen LogP contribution >= 0.6 is 11.3 Å². The van der Waals surface area contributed by atoms with Gasteiger partial charge in [-0.05, 0) is 27.2 Å². The summed E-state index contributed by atoms with van der Waals surface area (Å²) in [5.41, 5.74) is 0.801. The molecule has 0 fully saturated rings. The van der Waals surface area contributed by atoms with Gasteiger partial charge in [-0.15, -0.1) is 11.3 Å². The molecule has 1 amide bonds. The number of aromatic nitrogens is 1. The molecule has 0 radical (unpaired) electrons. The minimum absolute atomic E-state index is 0.0269. The van der Waals surface area contributed by atoms with Gasteiger partial charge < -0.3 is 10.0 Å². The van der Waals surface area contributed by atoms with Crippen LogP contribution < -0.4 is 0 Å². The second-order valence-electron chi connectivity index (χ2n) is 3.61. The Labute approximate surface area is 99.9 Å². The van der Waals surface area contributed by atoms with E-state index in [1.165, 1.54) is 11.3 Å². The first kappa shape index (κ1) is 13.1. The largest absolute Gasteiger partial charge is 0.396 e. The van der Waals surface area contributed by atoms with Crippen molar-refractivity contribution in [2.24, 2.45) is 0 Å². The number of rotatable bonds is 5. The summed E-state index contributed by atoms with van der Waals surface area (Å²) in [6.45, 7) is 7.08. The fraction of sp³-hybridized carbons (Fsp3) is 0.636. The van der Waals surface area contributed by atoms with Crippen LogP contribution in [0.5, 0.6) is 0 Å². The molecular formula is C11H18N2O2S. The van der Waals surface area contributed by atoms with Crippen LogP contribution in [-0.4, -0.2) is 40.6 Å². The third-order valence-electron chi connectivity index (χ3n) is 2.35. The molecule has 1 rings (SSSR count). The standard InChI is InChI=1S/C11H18N2O2S/c1-4-13(6-5-7-14)11(15)10-8(2)12-9(3)16-10/h14H,4-7H2,1-3H3. The molecule has 0 aromatic carbocycles. The lowest BCUT2D eigenvalue weighted by Crippen LogP contribution is -2.32. The molecule has 16 heavy (non-hydrogen) atoms. The van der Waals surface area contributed by atoms with Gasteiger partial charge in [0.05, 0.1) is 10.7 Å². The number of aliphatic hydroxyl groups is 1. The summed E-state index contributed by atoms with van der Waals surface area (Å²) in [4.78, 5) is 18.8. The van der Waals surface area contributed by atoms with Gasteiger partial charge in [-0.3, -0.25) is 4.79 Å². The van der Waals surface area contributed by atoms with Gasteiger partial charge in [0, 0.05) is 19.7 Å². The van der Waals surface area contributed by atoms with E-state index in [1.54, 1.807) is 4.90 Å². The Bertz CT molecular complexity index is 363. The van der Waals surface area contributed by atoms with Gasteiger partial charge in [-0.1, -0.05) is 0 Å². The monoisotopic (exact) mass is 242 g/mol. The van der Waals surface area contributed by atoms with Crippen molar-refractivity contribution in [3.63, 3.8) is 0 Å². The number of aryl methyl sites for hydroxylation is 2. The van der Waals surface area contributed by atoms with Crippen molar-refractivity contribution in [1.82, 2.24) is 9.88 Å². The van der Waals surface area contributed by atoms with Crippen molar-refractivity contribution in [2.75, 3.05) is 19.7 Å². The predicted octanol–water partition coefficient (Wildman–Crippen LogP) is 1.60. The smallest absolute Gasteiger partial charge is 0.265 e. The molecule has 90 valence electrons. The maximum absolute atomic E-state index is 12.1. The number of aliphatic hydroxyl groups excluding tert-OH is 1. The van der Waals surface area contributed by atoms with Crippen LogP contribution in [0.25, 0.3) is 0 Å². The Morgan fingerprint density at radius 2 is 2.19 bits per heavy atom. The summed E-state index contributed by atoms with van der Waals surface area (Å²) in [5.74, 6) is 0.0269. The van der Waals surface area contributed by atoms with Crippen molar-refractivity contribution in [1.29, 1.82) is 0 Å². The number of carbonyl (C=O) groups is 1. The van der Waals surface area contributed by atoms with Crippen molar-refractivity contribution in [3.05, 3.63) is 15.6 Å². The van der Waals surface area contributed by atoms with E-state index in [2.05, 4.69) is 4.98 Å². The molecule has 5 heteroatoms. The number of thiazole rings is 1. The normalized spacial score (nSPS) is 10.5. The maximum Gasteiger partial charge on any atom is 0.265 e. The van der Waals surface area contributed by atoms with Gasteiger partial charge >= 0.3 is 0 Å². The first-order chi connectivity index (χ1) is 7.60. The van der Waals surface area contributed by atoms with Crippen LogP contribution in [0.1, 0.15) is 33.7 Å². The topological polar surface area (TPSA) is 53.4 Å². The lowest BCUT2D eigenvalue weighted by atomic mass is 10.3. The van der Waals surface area contributed by atoms with E-state index in [1.807, 2.05) is 20.8 Å². The van der Waals surface area contributed by atoms with Crippen LogP contribution in [0.2, 0.25) is 0 Å². The van der Waals surface area contributed by atoms with Crippen molar-refractivity contribution in [3.8, 4) is 0 Å². The number of carbonyl (C=O) groups excluding carboxylic acids is 1. The second kappa shape index (κ2) is 5.96. The quantitative estimate of drug-likeness (QED) is 0.853. The SMILES string of the molecule is CCN(CCCO)C(=O)c1sc(C)nc1C. The van der Waals surface area contributed by atoms with Gasteiger partial charge in [0.1, 0.15) is 4.88 Å². The molecule has 4 nitrogen and oxygen atoms in total. The molecule has 1 aromatic rings. The van der Waals surface area contributed by atoms with Crippen LogP contribution in [-0.2, 0) is 0 Å². The highest BCUT2D eigenvalue weighted by atomic mass is 32.1. The third-order valence-corrected chi connectivity index (χ3v) is 3.41. The van der Waals surface area contributed by atoms with Crippen LogP contribution in [0.4, 0.5) is 0 Å². The molecule has 0 aliphatic rings. The summed E-state index contributed by atoms with van der Waals surface area (Å²) in [6.07, 6.45) is 0.621. The average Bonchev–Trinajstić information content (AvgIpc) is 2.58. The second-order valence-corrected chi connectivity index (χ2v) is 4.81. The molecule has 1 aromatic heterocycles. The van der Waals surface area contributed by atoms with E-state index in [0.29, 0.717) is 19.5 Å². The highest BCUT2D eigenvalue weighted by Crippen LogP contribution is 2.19. The average molecular weight is 242 g/mol. The molecule has 1 N–H and O–H groups in total. The van der Waals surface area contributed by atoms with Crippen LogP contribution in [0, 0.1) is 13.8 Å². The van der Waals surface area contributed by atoms with Gasteiger partial charge in [0.25, 0.3) is 5.91 Å². The van der Waals surface area contributed by atoms with E-state index < -0.39 is 0 Å².